The van der Waals surface area contributed by atoms with E-state index in [2.05, 4.69) is 5.32 Å². The summed E-state index contributed by atoms with van der Waals surface area (Å²) < 4.78 is 0. The zero-order valence-corrected chi connectivity index (χ0v) is 6.66. The lowest BCUT2D eigenvalue weighted by molar-refractivity contribution is -0.114. The predicted octanol–water partition coefficient (Wildman–Crippen LogP) is 1.52. The van der Waals surface area contributed by atoms with Gasteiger partial charge in [-0.1, -0.05) is 6.07 Å². The van der Waals surface area contributed by atoms with Gasteiger partial charge in [-0.05, 0) is 18.2 Å². The lowest BCUT2D eigenvalue weighted by Crippen LogP contribution is -2.05. The maximum Gasteiger partial charge on any atom is 0.221 e. The Kier molecular flexibility index (Phi) is 2.44. The van der Waals surface area contributed by atoms with Crippen LogP contribution in [0, 0.1) is 11.3 Å². The Bertz CT molecular complexity index is 339. The summed E-state index contributed by atoms with van der Waals surface area (Å²) in [5.41, 5.74) is 1.20. The third-order valence-electron chi connectivity index (χ3n) is 1.31. The molecule has 0 atom stereocenters. The van der Waals surface area contributed by atoms with Gasteiger partial charge in [0.2, 0.25) is 5.91 Å². The third-order valence-corrected chi connectivity index (χ3v) is 1.31. The summed E-state index contributed by atoms with van der Waals surface area (Å²) in [5, 5.41) is 11.1. The molecule has 0 saturated heterocycles. The molecule has 0 unspecified atom stereocenters. The summed E-state index contributed by atoms with van der Waals surface area (Å²) in [5.74, 6) is -0.134. The van der Waals surface area contributed by atoms with Gasteiger partial charge in [-0.3, -0.25) is 4.79 Å². The van der Waals surface area contributed by atoms with Crippen LogP contribution in [-0.4, -0.2) is 5.91 Å². The number of carbonyl (C=O) groups is 1. The van der Waals surface area contributed by atoms with E-state index in [4.69, 9.17) is 5.26 Å². The molecule has 0 aliphatic rings. The average molecular weight is 160 g/mol. The summed E-state index contributed by atoms with van der Waals surface area (Å²) in [6.45, 7) is 1.43. The number of anilines is 1. The van der Waals surface area contributed by atoms with Crippen LogP contribution >= 0.6 is 0 Å². The van der Waals surface area contributed by atoms with Crippen molar-refractivity contribution in [3.8, 4) is 6.07 Å². The highest BCUT2D eigenvalue weighted by Crippen LogP contribution is 2.08. The Labute approximate surface area is 70.6 Å². The van der Waals surface area contributed by atoms with Crippen molar-refractivity contribution in [1.29, 1.82) is 5.26 Å². The van der Waals surface area contributed by atoms with Gasteiger partial charge >= 0.3 is 0 Å². The van der Waals surface area contributed by atoms with E-state index >= 15 is 0 Å². The van der Waals surface area contributed by atoms with Crippen LogP contribution in [0.25, 0.3) is 0 Å². The molecule has 0 fully saturated rings. The minimum absolute atomic E-state index is 0.134. The smallest absolute Gasteiger partial charge is 0.221 e. The van der Waals surface area contributed by atoms with Crippen molar-refractivity contribution in [1.82, 2.24) is 0 Å². The maximum atomic E-state index is 10.6. The van der Waals surface area contributed by atoms with Crippen molar-refractivity contribution in [2.75, 3.05) is 5.32 Å². The minimum atomic E-state index is -0.134. The molecular formula is C9H8N2O. The molecule has 12 heavy (non-hydrogen) atoms. The molecule has 3 nitrogen and oxygen atoms in total. The van der Waals surface area contributed by atoms with E-state index in [-0.39, 0.29) is 5.91 Å². The van der Waals surface area contributed by atoms with Crippen LogP contribution in [0.1, 0.15) is 12.5 Å². The molecule has 3 heteroatoms. The number of carbonyl (C=O) groups excluding carboxylic acids is 1. The van der Waals surface area contributed by atoms with Crippen molar-refractivity contribution in [3.63, 3.8) is 0 Å². The molecular weight excluding hydrogens is 152 g/mol. The Morgan fingerprint density at radius 3 is 2.92 bits per heavy atom. The zero-order valence-electron chi connectivity index (χ0n) is 6.66. The van der Waals surface area contributed by atoms with Crippen molar-refractivity contribution >= 4 is 11.6 Å². The number of rotatable bonds is 1. The molecule has 0 aliphatic carbocycles. The van der Waals surface area contributed by atoms with E-state index in [0.717, 1.165) is 0 Å². The normalized spacial score (nSPS) is 8.67. The molecule has 1 amide bonds. The largest absolute Gasteiger partial charge is 0.326 e. The number of amides is 1. The van der Waals surface area contributed by atoms with Crippen molar-refractivity contribution < 1.29 is 4.79 Å². The van der Waals surface area contributed by atoms with E-state index < -0.39 is 0 Å². The van der Waals surface area contributed by atoms with Gasteiger partial charge in [0.1, 0.15) is 0 Å². The number of nitrogens with zero attached hydrogens (tertiary/aromatic N) is 1. The quantitative estimate of drug-likeness (QED) is 0.677. The van der Waals surface area contributed by atoms with E-state index in [1.165, 1.54) is 6.92 Å². The summed E-state index contributed by atoms with van der Waals surface area (Å²) in [4.78, 5) is 10.6. The number of hydrogen-bond acceptors (Lipinski definition) is 2. The van der Waals surface area contributed by atoms with Gasteiger partial charge in [-0.2, -0.15) is 5.26 Å². The fraction of sp³-hybridized carbons (Fsp3) is 0.111. The van der Waals surface area contributed by atoms with Gasteiger partial charge in [0.15, 0.2) is 0 Å². The fourth-order valence-corrected chi connectivity index (χ4v) is 0.870. The Morgan fingerprint density at radius 1 is 1.58 bits per heavy atom. The second-order valence-corrected chi connectivity index (χ2v) is 2.37. The van der Waals surface area contributed by atoms with Crippen LogP contribution in [-0.2, 0) is 4.79 Å². The maximum absolute atomic E-state index is 10.6. The molecule has 1 N–H and O–H groups in total. The second kappa shape index (κ2) is 3.54. The topological polar surface area (TPSA) is 52.9 Å². The van der Waals surface area contributed by atoms with Crippen molar-refractivity contribution in [2.45, 2.75) is 6.92 Å². The molecule has 1 rings (SSSR count). The lowest BCUT2D eigenvalue weighted by Gasteiger charge is -2.00. The van der Waals surface area contributed by atoms with Crippen LogP contribution in [0.4, 0.5) is 5.69 Å². The number of benzene rings is 1. The first kappa shape index (κ1) is 8.28. The van der Waals surface area contributed by atoms with E-state index in [0.29, 0.717) is 11.3 Å². The van der Waals surface area contributed by atoms with E-state index in [9.17, 15) is 4.79 Å². The molecule has 1 aromatic rings. The molecule has 0 heterocycles. The first-order valence-electron chi connectivity index (χ1n) is 3.50. The summed E-state index contributed by atoms with van der Waals surface area (Å²) in [6.07, 6.45) is 0. The van der Waals surface area contributed by atoms with Crippen LogP contribution < -0.4 is 5.32 Å². The minimum Gasteiger partial charge on any atom is -0.326 e. The van der Waals surface area contributed by atoms with Crippen LogP contribution in [0.15, 0.2) is 24.3 Å². The van der Waals surface area contributed by atoms with Crippen LogP contribution in [0.3, 0.4) is 0 Å². The van der Waals surface area contributed by atoms with Gasteiger partial charge in [0.05, 0.1) is 11.6 Å². The number of hydrogen-bond donors (Lipinski definition) is 1. The highest BCUT2D eigenvalue weighted by atomic mass is 16.1. The lowest BCUT2D eigenvalue weighted by atomic mass is 10.2. The molecule has 0 spiro atoms. The zero-order chi connectivity index (χ0) is 8.97. The van der Waals surface area contributed by atoms with Gasteiger partial charge in [-0.15, -0.1) is 0 Å². The SMILES string of the molecule is CC(=O)Nc1cccc(C#N)c1. The summed E-state index contributed by atoms with van der Waals surface area (Å²) in [7, 11) is 0. The standard InChI is InChI=1S/C9H8N2O/c1-7(12)11-9-4-2-3-8(5-9)6-10/h2-5H,1H3,(H,11,12). The Balaban J connectivity index is 2.88. The number of nitriles is 1. The summed E-state index contributed by atoms with van der Waals surface area (Å²) >= 11 is 0. The molecule has 0 aliphatic heterocycles. The molecule has 0 aromatic heterocycles. The van der Waals surface area contributed by atoms with Crippen LogP contribution in [0.5, 0.6) is 0 Å². The average Bonchev–Trinajstić information content (AvgIpc) is 2.03. The fourth-order valence-electron chi connectivity index (χ4n) is 0.870. The van der Waals surface area contributed by atoms with Gasteiger partial charge in [0.25, 0.3) is 0 Å². The van der Waals surface area contributed by atoms with E-state index in [1.807, 2.05) is 6.07 Å². The monoisotopic (exact) mass is 160 g/mol. The predicted molar refractivity (Wildman–Crippen MR) is 45.5 cm³/mol. The molecule has 0 radical (unpaired) electrons. The second-order valence-electron chi connectivity index (χ2n) is 2.37. The molecule has 0 bridgehead atoms. The van der Waals surface area contributed by atoms with Gasteiger partial charge in [0, 0.05) is 12.6 Å². The van der Waals surface area contributed by atoms with Gasteiger partial charge < -0.3 is 5.32 Å². The number of nitrogens with one attached hydrogen (secondary N) is 1. The van der Waals surface area contributed by atoms with Crippen LogP contribution in [0.2, 0.25) is 0 Å². The molecule has 60 valence electrons. The van der Waals surface area contributed by atoms with Crippen molar-refractivity contribution in [2.24, 2.45) is 0 Å². The first-order chi connectivity index (χ1) is 5.72. The third kappa shape index (κ3) is 2.10. The summed E-state index contributed by atoms with van der Waals surface area (Å²) in [6, 6.07) is 8.77. The highest BCUT2D eigenvalue weighted by molar-refractivity contribution is 5.88. The highest BCUT2D eigenvalue weighted by Gasteiger charge is 1.95. The Morgan fingerprint density at radius 2 is 2.33 bits per heavy atom. The van der Waals surface area contributed by atoms with E-state index in [1.54, 1.807) is 24.3 Å². The molecule has 0 saturated carbocycles. The van der Waals surface area contributed by atoms with Crippen molar-refractivity contribution in [3.05, 3.63) is 29.8 Å². The first-order valence-corrected chi connectivity index (χ1v) is 3.50. The molecule has 1 aromatic carbocycles. The van der Waals surface area contributed by atoms with Gasteiger partial charge in [-0.25, -0.2) is 0 Å². The Hall–Kier alpha value is -1.82.